The lowest BCUT2D eigenvalue weighted by Gasteiger charge is -2.21. The summed E-state index contributed by atoms with van der Waals surface area (Å²) in [5, 5.41) is 17.2. The molecule has 11 heteroatoms. The molecule has 0 aliphatic heterocycles. The van der Waals surface area contributed by atoms with E-state index in [4.69, 9.17) is 16.3 Å². The second kappa shape index (κ2) is 14.9. The first-order chi connectivity index (χ1) is 19.2. The number of halogens is 3. The number of aromatic hydroxyl groups is 1. The molecule has 0 saturated carbocycles. The average Bonchev–Trinajstić information content (AvgIpc) is 2.95. The van der Waals surface area contributed by atoms with Crippen LogP contribution in [0.2, 0.25) is 5.02 Å². The van der Waals surface area contributed by atoms with E-state index in [9.17, 15) is 14.7 Å². The molecule has 0 aliphatic rings. The van der Waals surface area contributed by atoms with Gasteiger partial charge in [0.25, 0.3) is 11.8 Å². The first-order valence-corrected chi connectivity index (χ1v) is 14.5. The van der Waals surface area contributed by atoms with Crippen molar-refractivity contribution in [2.24, 2.45) is 5.10 Å². The number of hydrogen-bond acceptors (Lipinski definition) is 6. The molecule has 0 fully saturated rings. The largest absolute Gasteiger partial charge is 0.503 e. The maximum Gasteiger partial charge on any atom is 0.287 e. The van der Waals surface area contributed by atoms with Gasteiger partial charge in [0.15, 0.2) is 11.5 Å². The second-order valence-corrected chi connectivity index (χ2v) is 10.3. The molecule has 0 aromatic heterocycles. The minimum atomic E-state index is -0.650. The number of carbonyl (C=O) groups is 2. The molecule has 0 saturated heterocycles. The number of ether oxygens (including phenoxy) is 1. The minimum absolute atomic E-state index is 0.0291. The standard InChI is InChI=1S/C29H29Br2ClN4O4/c1-4-36(5-2)20-13-11-18(12-14-20)15-23(34-28(38)21-9-7-8-10-22(21)32)29(39)35-33-17-19-16-24(40-6-3)27(37)26(31)25(19)30/h7-17,37H,4-6H2,1-3H3,(H,34,38)(H,35,39). The van der Waals surface area contributed by atoms with Crippen molar-refractivity contribution < 1.29 is 19.4 Å². The van der Waals surface area contributed by atoms with Gasteiger partial charge < -0.3 is 20.1 Å². The summed E-state index contributed by atoms with van der Waals surface area (Å²) in [5.74, 6) is -0.994. The van der Waals surface area contributed by atoms with Crippen molar-refractivity contribution in [1.29, 1.82) is 0 Å². The van der Waals surface area contributed by atoms with Crippen molar-refractivity contribution in [1.82, 2.24) is 10.7 Å². The lowest BCUT2D eigenvalue weighted by molar-refractivity contribution is -0.117. The van der Waals surface area contributed by atoms with Gasteiger partial charge in [0.05, 0.1) is 27.9 Å². The Hall–Kier alpha value is -3.34. The molecule has 3 aromatic carbocycles. The Labute approximate surface area is 255 Å². The summed E-state index contributed by atoms with van der Waals surface area (Å²) in [6, 6.07) is 15.8. The average molecular weight is 693 g/mol. The van der Waals surface area contributed by atoms with E-state index in [1.54, 1.807) is 43.3 Å². The van der Waals surface area contributed by atoms with Crippen molar-refractivity contribution in [2.75, 3.05) is 24.6 Å². The Bertz CT molecular complexity index is 1420. The number of phenolic OH excluding ortho intramolecular Hbond substituents is 1. The third kappa shape index (κ3) is 7.87. The molecular weight excluding hydrogens is 664 g/mol. The number of rotatable bonds is 11. The van der Waals surface area contributed by atoms with Gasteiger partial charge in [0.2, 0.25) is 0 Å². The molecule has 0 atom stereocenters. The zero-order valence-electron chi connectivity index (χ0n) is 22.2. The quantitative estimate of drug-likeness (QED) is 0.117. The summed E-state index contributed by atoms with van der Waals surface area (Å²) in [5.41, 5.74) is 4.94. The minimum Gasteiger partial charge on any atom is -0.503 e. The molecule has 0 bridgehead atoms. The number of phenols is 1. The first-order valence-electron chi connectivity index (χ1n) is 12.5. The normalized spacial score (nSPS) is 11.4. The Kier molecular flexibility index (Phi) is 11.6. The van der Waals surface area contributed by atoms with Gasteiger partial charge in [0, 0.05) is 28.8 Å². The van der Waals surface area contributed by atoms with Gasteiger partial charge in [-0.15, -0.1) is 0 Å². The van der Waals surface area contributed by atoms with Crippen molar-refractivity contribution in [3.63, 3.8) is 0 Å². The Balaban J connectivity index is 1.90. The van der Waals surface area contributed by atoms with E-state index in [1.807, 2.05) is 24.3 Å². The molecule has 0 aliphatic carbocycles. The third-order valence-electron chi connectivity index (χ3n) is 5.79. The summed E-state index contributed by atoms with van der Waals surface area (Å²) >= 11 is 12.9. The Morgan fingerprint density at radius 2 is 1.73 bits per heavy atom. The van der Waals surface area contributed by atoms with Crippen molar-refractivity contribution in [3.8, 4) is 11.5 Å². The molecule has 3 N–H and O–H groups in total. The van der Waals surface area contributed by atoms with Crippen LogP contribution in [-0.4, -0.2) is 42.8 Å². The van der Waals surface area contributed by atoms with Crippen LogP contribution >= 0.6 is 43.5 Å². The topological polar surface area (TPSA) is 103 Å². The smallest absolute Gasteiger partial charge is 0.287 e. The van der Waals surface area contributed by atoms with Gasteiger partial charge in [-0.2, -0.15) is 5.10 Å². The summed E-state index contributed by atoms with van der Waals surface area (Å²) in [7, 11) is 0. The van der Waals surface area contributed by atoms with Gasteiger partial charge in [-0.05, 0) is 94.6 Å². The lowest BCUT2D eigenvalue weighted by Crippen LogP contribution is -2.33. The van der Waals surface area contributed by atoms with Crippen LogP contribution in [0.1, 0.15) is 42.3 Å². The molecule has 210 valence electrons. The van der Waals surface area contributed by atoms with Crippen LogP contribution in [0.15, 0.2) is 74.3 Å². The monoisotopic (exact) mass is 690 g/mol. The fourth-order valence-electron chi connectivity index (χ4n) is 3.72. The van der Waals surface area contributed by atoms with Gasteiger partial charge in [-0.25, -0.2) is 5.43 Å². The number of nitrogens with zero attached hydrogens (tertiary/aromatic N) is 2. The van der Waals surface area contributed by atoms with Crippen molar-refractivity contribution >= 4 is 73.3 Å². The first kappa shape index (κ1) is 31.2. The maximum absolute atomic E-state index is 13.2. The van der Waals surface area contributed by atoms with E-state index < -0.39 is 11.8 Å². The highest BCUT2D eigenvalue weighted by molar-refractivity contribution is 9.13. The summed E-state index contributed by atoms with van der Waals surface area (Å²) in [6.45, 7) is 8.04. The molecule has 0 spiro atoms. The van der Waals surface area contributed by atoms with Crippen LogP contribution in [-0.2, 0) is 4.79 Å². The van der Waals surface area contributed by atoms with E-state index in [1.165, 1.54) is 6.21 Å². The van der Waals surface area contributed by atoms with Gasteiger partial charge >= 0.3 is 0 Å². The third-order valence-corrected chi connectivity index (χ3v) is 8.28. The summed E-state index contributed by atoms with van der Waals surface area (Å²) in [6.07, 6.45) is 2.95. The van der Waals surface area contributed by atoms with Crippen molar-refractivity contribution in [3.05, 3.63) is 91.0 Å². The zero-order valence-corrected chi connectivity index (χ0v) is 26.1. The molecule has 3 aromatic rings. The molecule has 0 radical (unpaired) electrons. The van der Waals surface area contributed by atoms with E-state index in [0.717, 1.165) is 18.8 Å². The highest BCUT2D eigenvalue weighted by Crippen LogP contribution is 2.41. The van der Waals surface area contributed by atoms with E-state index >= 15 is 0 Å². The van der Waals surface area contributed by atoms with Gasteiger partial charge in [-0.3, -0.25) is 9.59 Å². The highest BCUT2D eigenvalue weighted by Gasteiger charge is 2.17. The van der Waals surface area contributed by atoms with Crippen LogP contribution in [0, 0.1) is 0 Å². The predicted molar refractivity (Wildman–Crippen MR) is 167 cm³/mol. The van der Waals surface area contributed by atoms with E-state index in [0.29, 0.717) is 26.7 Å². The molecular formula is C29H29Br2ClN4O4. The van der Waals surface area contributed by atoms with Crippen LogP contribution in [0.25, 0.3) is 6.08 Å². The number of anilines is 1. The van der Waals surface area contributed by atoms with Crippen LogP contribution < -0.4 is 20.4 Å². The van der Waals surface area contributed by atoms with Crippen LogP contribution in [0.3, 0.4) is 0 Å². The number of hydrazone groups is 1. The fraction of sp³-hybridized carbons (Fsp3) is 0.207. The summed E-state index contributed by atoms with van der Waals surface area (Å²) in [4.78, 5) is 28.4. The summed E-state index contributed by atoms with van der Waals surface area (Å²) < 4.78 is 6.36. The number of hydrogen-bond donors (Lipinski definition) is 3. The Morgan fingerprint density at radius 1 is 1.05 bits per heavy atom. The molecule has 3 rings (SSSR count). The van der Waals surface area contributed by atoms with Crippen LogP contribution in [0.4, 0.5) is 5.69 Å². The van der Waals surface area contributed by atoms with Crippen LogP contribution in [0.5, 0.6) is 11.5 Å². The number of amides is 2. The molecule has 0 unspecified atom stereocenters. The zero-order chi connectivity index (χ0) is 29.2. The number of benzene rings is 3. The maximum atomic E-state index is 13.2. The molecule has 2 amide bonds. The predicted octanol–water partition coefficient (Wildman–Crippen LogP) is 6.74. The molecule has 0 heterocycles. The number of nitrogens with one attached hydrogen (secondary N) is 2. The Morgan fingerprint density at radius 3 is 2.35 bits per heavy atom. The van der Waals surface area contributed by atoms with Crippen molar-refractivity contribution in [2.45, 2.75) is 20.8 Å². The fourth-order valence-corrected chi connectivity index (χ4v) is 4.77. The van der Waals surface area contributed by atoms with E-state index in [2.05, 4.69) is 66.5 Å². The molecule has 8 nitrogen and oxygen atoms in total. The number of carbonyl (C=O) groups excluding carboxylic acids is 2. The molecule has 40 heavy (non-hydrogen) atoms. The van der Waals surface area contributed by atoms with Gasteiger partial charge in [0.1, 0.15) is 5.70 Å². The second-order valence-electron chi connectivity index (χ2n) is 8.33. The lowest BCUT2D eigenvalue weighted by atomic mass is 10.1. The SMILES string of the molecule is CCOc1cc(C=NNC(=O)C(=Cc2ccc(N(CC)CC)cc2)NC(=O)c2ccccc2Cl)c(Br)c(Br)c1O. The van der Waals surface area contributed by atoms with Gasteiger partial charge in [-0.1, -0.05) is 35.9 Å². The van der Waals surface area contributed by atoms with E-state index in [-0.39, 0.29) is 27.8 Å². The highest BCUT2D eigenvalue weighted by atomic mass is 79.9.